The van der Waals surface area contributed by atoms with Gasteiger partial charge in [0.15, 0.2) is 5.78 Å². The molecule has 0 aliphatic carbocycles. The Labute approximate surface area is 144 Å². The van der Waals surface area contributed by atoms with Gasteiger partial charge < -0.3 is 11.1 Å². The maximum Gasteiger partial charge on any atom is 0.195 e. The van der Waals surface area contributed by atoms with E-state index >= 15 is 0 Å². The Bertz CT molecular complexity index is 825. The SMILES string of the molecule is N#C/C(=C/Nc1ccc(Cl)cc1C(=O)c1ccccc1)C(N)=S. The zero-order valence-corrected chi connectivity index (χ0v) is 13.5. The van der Waals surface area contributed by atoms with E-state index in [1.54, 1.807) is 42.5 Å². The number of ketones is 1. The molecule has 3 N–H and O–H groups in total. The number of thiocarbonyl (C=S) groups is 1. The molecule has 0 saturated carbocycles. The lowest BCUT2D eigenvalue weighted by molar-refractivity contribution is 0.103. The fourth-order valence-corrected chi connectivity index (χ4v) is 2.16. The summed E-state index contributed by atoms with van der Waals surface area (Å²) in [4.78, 5) is 12.6. The van der Waals surface area contributed by atoms with Gasteiger partial charge in [-0.2, -0.15) is 5.26 Å². The number of rotatable bonds is 5. The number of nitrogens with two attached hydrogens (primary N) is 1. The number of anilines is 1. The quantitative estimate of drug-likeness (QED) is 0.375. The van der Waals surface area contributed by atoms with Crippen LogP contribution in [0.15, 0.2) is 60.3 Å². The molecule has 0 spiro atoms. The Kier molecular flexibility index (Phi) is 5.47. The molecule has 2 aromatic carbocycles. The number of carbonyl (C=O) groups is 1. The highest BCUT2D eigenvalue weighted by Crippen LogP contribution is 2.24. The smallest absolute Gasteiger partial charge is 0.195 e. The average molecular weight is 342 g/mol. The normalized spacial score (nSPS) is 10.7. The van der Waals surface area contributed by atoms with Crippen molar-refractivity contribution in [2.24, 2.45) is 5.73 Å². The molecule has 0 bridgehead atoms. The highest BCUT2D eigenvalue weighted by atomic mass is 35.5. The van der Waals surface area contributed by atoms with Crippen LogP contribution >= 0.6 is 23.8 Å². The summed E-state index contributed by atoms with van der Waals surface area (Å²) in [5, 5.41) is 12.3. The van der Waals surface area contributed by atoms with Gasteiger partial charge in [0.05, 0.1) is 0 Å². The van der Waals surface area contributed by atoms with Crippen LogP contribution in [0.3, 0.4) is 0 Å². The molecule has 0 aliphatic heterocycles. The first-order chi connectivity index (χ1) is 11.0. The molecule has 0 unspecified atom stereocenters. The van der Waals surface area contributed by atoms with Gasteiger partial charge in [-0.3, -0.25) is 4.79 Å². The fraction of sp³-hybridized carbons (Fsp3) is 0. The first-order valence-electron chi connectivity index (χ1n) is 6.59. The molecular formula is C17H12ClN3OS. The van der Waals surface area contributed by atoms with Crippen molar-refractivity contribution in [1.82, 2.24) is 0 Å². The van der Waals surface area contributed by atoms with Crippen molar-refractivity contribution in [2.75, 3.05) is 5.32 Å². The summed E-state index contributed by atoms with van der Waals surface area (Å²) in [6, 6.07) is 15.6. The zero-order chi connectivity index (χ0) is 16.8. The minimum Gasteiger partial charge on any atom is -0.389 e. The molecule has 2 rings (SSSR count). The van der Waals surface area contributed by atoms with E-state index in [0.717, 1.165) is 0 Å². The predicted molar refractivity (Wildman–Crippen MR) is 95.4 cm³/mol. The first kappa shape index (κ1) is 16.7. The first-order valence-corrected chi connectivity index (χ1v) is 7.37. The Morgan fingerprint density at radius 3 is 2.57 bits per heavy atom. The standard InChI is InChI=1S/C17H12ClN3OS/c18-13-6-7-15(21-10-12(9-19)17(20)23)14(8-13)16(22)11-4-2-1-3-5-11/h1-8,10,21H,(H2,20,23)/b12-10-. The highest BCUT2D eigenvalue weighted by Gasteiger charge is 2.14. The molecule has 0 atom stereocenters. The van der Waals surface area contributed by atoms with Crippen molar-refractivity contribution in [3.63, 3.8) is 0 Å². The Morgan fingerprint density at radius 1 is 1.26 bits per heavy atom. The third-order valence-electron chi connectivity index (χ3n) is 3.02. The van der Waals surface area contributed by atoms with Crippen LogP contribution in [0, 0.1) is 11.3 Å². The van der Waals surface area contributed by atoms with Gasteiger partial charge in [-0.1, -0.05) is 54.2 Å². The number of carbonyl (C=O) groups excluding carboxylic acids is 1. The largest absolute Gasteiger partial charge is 0.389 e. The van der Waals surface area contributed by atoms with Gasteiger partial charge >= 0.3 is 0 Å². The second kappa shape index (κ2) is 7.54. The van der Waals surface area contributed by atoms with E-state index in [4.69, 9.17) is 34.8 Å². The predicted octanol–water partition coefficient (Wildman–Crippen LogP) is 3.68. The van der Waals surface area contributed by atoms with Gasteiger partial charge in [0.1, 0.15) is 16.6 Å². The van der Waals surface area contributed by atoms with Crippen molar-refractivity contribution in [1.29, 1.82) is 5.26 Å². The van der Waals surface area contributed by atoms with Crippen LogP contribution in [0.4, 0.5) is 5.69 Å². The van der Waals surface area contributed by atoms with Crippen LogP contribution in [0.25, 0.3) is 0 Å². The molecule has 4 nitrogen and oxygen atoms in total. The topological polar surface area (TPSA) is 78.9 Å². The fourth-order valence-electron chi connectivity index (χ4n) is 1.88. The number of halogens is 1. The van der Waals surface area contributed by atoms with Crippen LogP contribution in [0.1, 0.15) is 15.9 Å². The summed E-state index contributed by atoms with van der Waals surface area (Å²) in [6.07, 6.45) is 1.37. The molecule has 0 radical (unpaired) electrons. The van der Waals surface area contributed by atoms with Gasteiger partial charge in [0.2, 0.25) is 0 Å². The summed E-state index contributed by atoms with van der Waals surface area (Å²) >= 11 is 10.8. The van der Waals surface area contributed by atoms with Crippen LogP contribution in [-0.4, -0.2) is 10.8 Å². The summed E-state index contributed by atoms with van der Waals surface area (Å²) in [7, 11) is 0. The molecule has 0 amide bonds. The van der Waals surface area contributed by atoms with E-state index in [1.807, 2.05) is 12.1 Å². The van der Waals surface area contributed by atoms with Crippen LogP contribution < -0.4 is 11.1 Å². The maximum absolute atomic E-state index is 12.6. The molecule has 23 heavy (non-hydrogen) atoms. The molecular weight excluding hydrogens is 330 g/mol. The van der Waals surface area contributed by atoms with E-state index in [-0.39, 0.29) is 16.3 Å². The van der Waals surface area contributed by atoms with Gasteiger partial charge in [0, 0.05) is 28.0 Å². The number of nitriles is 1. The lowest BCUT2D eigenvalue weighted by Gasteiger charge is -2.10. The molecule has 0 saturated heterocycles. The third-order valence-corrected chi connectivity index (χ3v) is 3.48. The van der Waals surface area contributed by atoms with E-state index < -0.39 is 0 Å². The van der Waals surface area contributed by atoms with E-state index in [1.165, 1.54) is 6.20 Å². The van der Waals surface area contributed by atoms with Crippen molar-refractivity contribution in [3.8, 4) is 6.07 Å². The lowest BCUT2D eigenvalue weighted by atomic mass is 10.0. The number of nitrogens with one attached hydrogen (secondary N) is 1. The Morgan fingerprint density at radius 2 is 1.96 bits per heavy atom. The van der Waals surface area contributed by atoms with Gasteiger partial charge in [-0.25, -0.2) is 0 Å². The van der Waals surface area contributed by atoms with Crippen LogP contribution in [-0.2, 0) is 0 Å². The molecule has 0 aromatic heterocycles. The summed E-state index contributed by atoms with van der Waals surface area (Å²) in [6.45, 7) is 0. The molecule has 0 heterocycles. The molecule has 114 valence electrons. The van der Waals surface area contributed by atoms with Crippen molar-refractivity contribution in [3.05, 3.63) is 76.5 Å². The third kappa shape index (κ3) is 4.16. The molecule has 6 heteroatoms. The number of nitrogens with zero attached hydrogens (tertiary/aromatic N) is 1. The monoisotopic (exact) mass is 341 g/mol. The van der Waals surface area contributed by atoms with Gasteiger partial charge in [-0.05, 0) is 18.2 Å². The van der Waals surface area contributed by atoms with E-state index in [9.17, 15) is 4.79 Å². The van der Waals surface area contributed by atoms with E-state index in [2.05, 4.69) is 5.32 Å². The average Bonchev–Trinajstić information content (AvgIpc) is 2.56. The van der Waals surface area contributed by atoms with Gasteiger partial charge in [0.25, 0.3) is 0 Å². The highest BCUT2D eigenvalue weighted by molar-refractivity contribution is 7.80. The maximum atomic E-state index is 12.6. The Hall–Kier alpha value is -2.68. The molecule has 0 aliphatic rings. The van der Waals surface area contributed by atoms with Gasteiger partial charge in [-0.15, -0.1) is 0 Å². The van der Waals surface area contributed by atoms with Crippen LogP contribution in [0.5, 0.6) is 0 Å². The number of hydrogen-bond donors (Lipinski definition) is 2. The Balaban J connectivity index is 2.41. The second-order valence-electron chi connectivity index (χ2n) is 4.56. The summed E-state index contributed by atoms with van der Waals surface area (Å²) in [5.41, 5.74) is 6.99. The minimum atomic E-state index is -0.183. The summed E-state index contributed by atoms with van der Waals surface area (Å²) in [5.74, 6) is -0.183. The molecule has 0 fully saturated rings. The lowest BCUT2D eigenvalue weighted by Crippen LogP contribution is -2.12. The van der Waals surface area contributed by atoms with E-state index in [0.29, 0.717) is 21.8 Å². The van der Waals surface area contributed by atoms with Crippen molar-refractivity contribution < 1.29 is 4.79 Å². The molecule has 2 aromatic rings. The zero-order valence-electron chi connectivity index (χ0n) is 11.9. The van der Waals surface area contributed by atoms with Crippen molar-refractivity contribution in [2.45, 2.75) is 0 Å². The number of benzene rings is 2. The summed E-state index contributed by atoms with van der Waals surface area (Å²) < 4.78 is 0. The number of hydrogen-bond acceptors (Lipinski definition) is 4. The van der Waals surface area contributed by atoms with Crippen molar-refractivity contribution >= 4 is 40.3 Å². The second-order valence-corrected chi connectivity index (χ2v) is 5.44. The van der Waals surface area contributed by atoms with Crippen LogP contribution in [0.2, 0.25) is 5.02 Å². The minimum absolute atomic E-state index is 0.0232.